The van der Waals surface area contributed by atoms with Crippen molar-refractivity contribution in [2.45, 2.75) is 38.1 Å². The topological polar surface area (TPSA) is 68.5 Å². The predicted molar refractivity (Wildman–Crippen MR) is 93.1 cm³/mol. The third kappa shape index (κ3) is 3.50. The van der Waals surface area contributed by atoms with Crippen molar-refractivity contribution in [3.05, 3.63) is 23.3 Å². The van der Waals surface area contributed by atoms with Crippen LogP contribution in [0.5, 0.6) is 11.5 Å². The predicted octanol–water partition coefficient (Wildman–Crippen LogP) is 2.80. The first-order valence-electron chi connectivity index (χ1n) is 9.00. The quantitative estimate of drug-likeness (QED) is 0.889. The molecule has 2 fully saturated rings. The molecule has 0 bridgehead atoms. The van der Waals surface area contributed by atoms with Crippen LogP contribution in [0.3, 0.4) is 0 Å². The van der Waals surface area contributed by atoms with Crippen molar-refractivity contribution in [1.29, 1.82) is 5.26 Å². The number of methoxy groups -OCH3 is 1. The lowest BCUT2D eigenvalue weighted by Crippen LogP contribution is -2.47. The van der Waals surface area contributed by atoms with Gasteiger partial charge in [-0.2, -0.15) is 5.26 Å². The van der Waals surface area contributed by atoms with Crippen LogP contribution < -0.4 is 10.1 Å². The summed E-state index contributed by atoms with van der Waals surface area (Å²) in [5, 5.41) is 23.5. The molecule has 0 unspecified atom stereocenters. The maximum atomic E-state index is 10.8. The molecule has 24 heavy (non-hydrogen) atoms. The van der Waals surface area contributed by atoms with Gasteiger partial charge in [0.15, 0.2) is 11.5 Å². The Bertz CT molecular complexity index is 581. The van der Waals surface area contributed by atoms with E-state index in [0.717, 1.165) is 31.7 Å². The fourth-order valence-electron chi connectivity index (χ4n) is 4.23. The van der Waals surface area contributed by atoms with E-state index in [-0.39, 0.29) is 11.8 Å². The van der Waals surface area contributed by atoms with Crippen molar-refractivity contribution < 1.29 is 9.84 Å². The summed E-state index contributed by atoms with van der Waals surface area (Å²) in [5.74, 6) is 1.13. The Labute approximate surface area is 144 Å². The standard InChI is InChI=1S/C19H27N3O2/c1-24-17-12-14(13-20)11-16(19(17)23)18(15-5-3-2-4-6-15)22-9-7-21-8-10-22/h11-12,15,18,21,23H,2-10H2,1H3/t18-/m0/s1. The summed E-state index contributed by atoms with van der Waals surface area (Å²) in [4.78, 5) is 2.47. The molecule has 5 heteroatoms. The number of aromatic hydroxyl groups is 1. The van der Waals surface area contributed by atoms with Crippen molar-refractivity contribution in [1.82, 2.24) is 10.2 Å². The van der Waals surface area contributed by atoms with E-state index in [2.05, 4.69) is 16.3 Å². The molecule has 130 valence electrons. The van der Waals surface area contributed by atoms with Crippen LogP contribution in [0.25, 0.3) is 0 Å². The number of piperazine rings is 1. The molecule has 0 amide bonds. The summed E-state index contributed by atoms with van der Waals surface area (Å²) in [6, 6.07) is 5.85. The van der Waals surface area contributed by atoms with Gasteiger partial charge in [-0.15, -0.1) is 0 Å². The van der Waals surface area contributed by atoms with Crippen LogP contribution in [0, 0.1) is 17.2 Å². The van der Waals surface area contributed by atoms with E-state index in [1.54, 1.807) is 13.2 Å². The van der Waals surface area contributed by atoms with E-state index in [4.69, 9.17) is 4.74 Å². The summed E-state index contributed by atoms with van der Waals surface area (Å²) in [5.41, 5.74) is 1.41. The number of nitriles is 1. The van der Waals surface area contributed by atoms with Gasteiger partial charge < -0.3 is 15.2 Å². The van der Waals surface area contributed by atoms with E-state index in [1.807, 2.05) is 6.07 Å². The SMILES string of the molecule is COc1cc(C#N)cc([C@H](C2CCCCC2)N2CCNCC2)c1O. The van der Waals surface area contributed by atoms with Crippen LogP contribution in [-0.4, -0.2) is 43.3 Å². The largest absolute Gasteiger partial charge is 0.504 e. The molecule has 1 aromatic rings. The first-order valence-corrected chi connectivity index (χ1v) is 9.00. The summed E-state index contributed by atoms with van der Waals surface area (Å²) in [6.45, 7) is 3.89. The first-order chi connectivity index (χ1) is 11.7. The second-order valence-corrected chi connectivity index (χ2v) is 6.86. The van der Waals surface area contributed by atoms with Crippen molar-refractivity contribution in [2.75, 3.05) is 33.3 Å². The van der Waals surface area contributed by atoms with Gasteiger partial charge in [0.1, 0.15) is 0 Å². The second kappa shape index (κ2) is 7.87. The molecule has 1 saturated heterocycles. The molecule has 1 aliphatic heterocycles. The zero-order valence-electron chi connectivity index (χ0n) is 14.4. The fourth-order valence-corrected chi connectivity index (χ4v) is 4.23. The highest BCUT2D eigenvalue weighted by Crippen LogP contribution is 2.44. The lowest BCUT2D eigenvalue weighted by molar-refractivity contribution is 0.101. The maximum absolute atomic E-state index is 10.8. The van der Waals surface area contributed by atoms with E-state index >= 15 is 0 Å². The van der Waals surface area contributed by atoms with Gasteiger partial charge in [-0.3, -0.25) is 4.90 Å². The number of nitrogens with zero attached hydrogens (tertiary/aromatic N) is 2. The van der Waals surface area contributed by atoms with Crippen LogP contribution >= 0.6 is 0 Å². The average molecular weight is 329 g/mol. The van der Waals surface area contributed by atoms with Gasteiger partial charge in [-0.05, 0) is 24.8 Å². The van der Waals surface area contributed by atoms with E-state index in [0.29, 0.717) is 17.2 Å². The van der Waals surface area contributed by atoms with Crippen LogP contribution in [0.15, 0.2) is 12.1 Å². The summed E-state index contributed by atoms with van der Waals surface area (Å²) >= 11 is 0. The van der Waals surface area contributed by atoms with Crippen LogP contribution in [0.4, 0.5) is 0 Å². The molecule has 1 aliphatic carbocycles. The zero-order valence-corrected chi connectivity index (χ0v) is 14.4. The highest BCUT2D eigenvalue weighted by molar-refractivity contribution is 5.53. The van der Waals surface area contributed by atoms with Crippen molar-refractivity contribution in [3.63, 3.8) is 0 Å². The summed E-state index contributed by atoms with van der Waals surface area (Å²) in [7, 11) is 1.54. The third-order valence-electron chi connectivity index (χ3n) is 5.41. The Kier molecular flexibility index (Phi) is 5.60. The molecule has 3 rings (SSSR count). The molecule has 2 aliphatic rings. The minimum Gasteiger partial charge on any atom is -0.504 e. The Morgan fingerprint density at radius 2 is 1.96 bits per heavy atom. The number of phenolic OH excluding ortho intramolecular Hbond substituents is 1. The van der Waals surface area contributed by atoms with Gasteiger partial charge in [-0.25, -0.2) is 0 Å². The molecule has 1 aromatic carbocycles. The lowest BCUT2D eigenvalue weighted by atomic mass is 9.79. The smallest absolute Gasteiger partial charge is 0.162 e. The molecule has 5 nitrogen and oxygen atoms in total. The van der Waals surface area contributed by atoms with Crippen molar-refractivity contribution in [3.8, 4) is 17.6 Å². The molecule has 2 N–H and O–H groups in total. The average Bonchev–Trinajstić information content (AvgIpc) is 2.65. The number of rotatable bonds is 4. The molecule has 0 radical (unpaired) electrons. The number of nitrogens with one attached hydrogen (secondary N) is 1. The molecule has 1 saturated carbocycles. The van der Waals surface area contributed by atoms with Crippen LogP contribution in [0.2, 0.25) is 0 Å². The van der Waals surface area contributed by atoms with Crippen LogP contribution in [0.1, 0.15) is 49.3 Å². The van der Waals surface area contributed by atoms with E-state index in [9.17, 15) is 10.4 Å². The van der Waals surface area contributed by atoms with Gasteiger partial charge in [0.05, 0.1) is 18.7 Å². The van der Waals surface area contributed by atoms with Gasteiger partial charge in [0.25, 0.3) is 0 Å². The van der Waals surface area contributed by atoms with Gasteiger partial charge >= 0.3 is 0 Å². The summed E-state index contributed by atoms with van der Waals surface area (Å²) in [6.07, 6.45) is 6.19. The summed E-state index contributed by atoms with van der Waals surface area (Å²) < 4.78 is 5.32. The normalized spacial score (nSPS) is 21.2. The van der Waals surface area contributed by atoms with Crippen molar-refractivity contribution >= 4 is 0 Å². The molecule has 0 spiro atoms. The number of hydrogen-bond donors (Lipinski definition) is 2. The Morgan fingerprint density at radius 1 is 1.25 bits per heavy atom. The van der Waals surface area contributed by atoms with Gasteiger partial charge in [0.2, 0.25) is 0 Å². The molecule has 1 atom stereocenters. The molecule has 1 heterocycles. The number of hydrogen-bond acceptors (Lipinski definition) is 5. The fraction of sp³-hybridized carbons (Fsp3) is 0.632. The number of benzene rings is 1. The first kappa shape index (κ1) is 17.1. The number of ether oxygens (including phenoxy) is 1. The monoisotopic (exact) mass is 329 g/mol. The minimum atomic E-state index is 0.162. The highest BCUT2D eigenvalue weighted by atomic mass is 16.5. The lowest BCUT2D eigenvalue weighted by Gasteiger charge is -2.41. The van der Waals surface area contributed by atoms with E-state index in [1.165, 1.54) is 32.1 Å². The third-order valence-corrected chi connectivity index (χ3v) is 5.41. The Balaban J connectivity index is 2.02. The Morgan fingerprint density at radius 3 is 2.58 bits per heavy atom. The zero-order chi connectivity index (χ0) is 16.9. The second-order valence-electron chi connectivity index (χ2n) is 6.86. The number of phenols is 1. The maximum Gasteiger partial charge on any atom is 0.162 e. The van der Waals surface area contributed by atoms with Crippen LogP contribution in [-0.2, 0) is 0 Å². The highest BCUT2D eigenvalue weighted by Gasteiger charge is 2.33. The van der Waals surface area contributed by atoms with Gasteiger partial charge in [0, 0.05) is 43.9 Å². The van der Waals surface area contributed by atoms with E-state index < -0.39 is 0 Å². The van der Waals surface area contributed by atoms with Gasteiger partial charge in [-0.1, -0.05) is 19.3 Å². The molecular weight excluding hydrogens is 302 g/mol. The molecular formula is C19H27N3O2. The Hall–Kier alpha value is -1.77. The molecule has 0 aromatic heterocycles. The minimum absolute atomic E-state index is 0.162. The van der Waals surface area contributed by atoms with Crippen molar-refractivity contribution in [2.24, 2.45) is 5.92 Å².